The molecule has 0 radical (unpaired) electrons. The first-order valence-electron chi connectivity index (χ1n) is 13.8. The number of carbonyl (C=O) groups is 3. The van der Waals surface area contributed by atoms with Crippen molar-refractivity contribution in [1.29, 1.82) is 0 Å². The number of nitrogens with zero attached hydrogens (tertiary/aromatic N) is 2. The molecule has 13 heteroatoms. The molecule has 1 unspecified atom stereocenters. The minimum Gasteiger partial charge on any atom is -0.496 e. The summed E-state index contributed by atoms with van der Waals surface area (Å²) in [7, 11) is 4.28. The van der Waals surface area contributed by atoms with Crippen LogP contribution in [-0.4, -0.2) is 85.9 Å². The van der Waals surface area contributed by atoms with Crippen LogP contribution in [0.2, 0.25) is 10.0 Å². The third-order valence-corrected chi connectivity index (χ3v) is 8.65. The van der Waals surface area contributed by atoms with E-state index in [1.165, 1.54) is 32.2 Å². The molecule has 5 rings (SSSR count). The molecule has 3 aromatic carbocycles. The van der Waals surface area contributed by atoms with E-state index in [0.29, 0.717) is 45.2 Å². The second-order valence-corrected chi connectivity index (χ2v) is 11.4. The first-order valence-corrected chi connectivity index (χ1v) is 14.5. The fraction of sp³-hybridized carbons (Fsp3) is 0.323. The second kappa shape index (κ2) is 13.1. The maximum atomic E-state index is 15.4. The first-order chi connectivity index (χ1) is 21.0. The van der Waals surface area contributed by atoms with Crippen LogP contribution in [-0.2, 0) is 20.9 Å². The Kier molecular flexibility index (Phi) is 9.42. The first kappa shape index (κ1) is 31.7. The second-order valence-electron chi connectivity index (χ2n) is 10.7. The number of hydrogen-bond acceptors (Lipinski definition) is 7. The van der Waals surface area contributed by atoms with Gasteiger partial charge in [-0.3, -0.25) is 14.5 Å². The minimum atomic E-state index is -1.10. The Morgan fingerprint density at radius 1 is 1.07 bits per heavy atom. The fourth-order valence-electron chi connectivity index (χ4n) is 5.32. The number of halogens is 3. The van der Waals surface area contributed by atoms with Gasteiger partial charge in [0.25, 0.3) is 0 Å². The van der Waals surface area contributed by atoms with Crippen LogP contribution in [0, 0.1) is 11.7 Å². The zero-order valence-electron chi connectivity index (χ0n) is 24.2. The molecule has 2 fully saturated rings. The van der Waals surface area contributed by atoms with Crippen molar-refractivity contribution in [3.05, 3.63) is 70.0 Å². The minimum absolute atomic E-state index is 0.0646. The molecule has 10 nitrogen and oxygen atoms in total. The highest BCUT2D eigenvalue weighted by molar-refractivity contribution is 6.39. The Balaban J connectivity index is 1.42. The third-order valence-electron chi connectivity index (χ3n) is 7.84. The van der Waals surface area contributed by atoms with Gasteiger partial charge in [0.2, 0.25) is 11.8 Å². The summed E-state index contributed by atoms with van der Waals surface area (Å²) in [6.07, 6.45) is -0.674. The Morgan fingerprint density at radius 2 is 1.75 bits per heavy atom. The molecular weight excluding hydrogens is 614 g/mol. The number of aliphatic hydroxyl groups is 1. The molecule has 3 aromatic rings. The number of amides is 4. The van der Waals surface area contributed by atoms with Gasteiger partial charge in [-0.25, -0.2) is 9.18 Å². The van der Waals surface area contributed by atoms with E-state index in [-0.39, 0.29) is 36.4 Å². The van der Waals surface area contributed by atoms with E-state index >= 15 is 4.39 Å². The molecule has 0 spiro atoms. The largest absolute Gasteiger partial charge is 0.496 e. The van der Waals surface area contributed by atoms with Crippen LogP contribution in [0.3, 0.4) is 0 Å². The number of hydrogen-bond donors (Lipinski definition) is 3. The zero-order chi connectivity index (χ0) is 31.7. The van der Waals surface area contributed by atoms with Crippen molar-refractivity contribution < 1.29 is 33.4 Å². The molecule has 3 atom stereocenters. The average molecular weight is 646 g/mol. The number of ether oxygens (including phenoxy) is 2. The van der Waals surface area contributed by atoms with Crippen LogP contribution in [0.25, 0.3) is 22.3 Å². The molecule has 0 saturated carbocycles. The van der Waals surface area contributed by atoms with Crippen LogP contribution in [0.15, 0.2) is 48.5 Å². The van der Waals surface area contributed by atoms with Crippen molar-refractivity contribution in [2.45, 2.75) is 18.7 Å². The van der Waals surface area contributed by atoms with E-state index in [2.05, 4.69) is 10.6 Å². The maximum Gasteiger partial charge on any atom is 0.326 e. The summed E-state index contributed by atoms with van der Waals surface area (Å²) in [4.78, 5) is 40.0. The summed E-state index contributed by atoms with van der Waals surface area (Å²) in [6.45, 7) is 0.609. The average Bonchev–Trinajstić information content (AvgIpc) is 3.42. The molecule has 0 bridgehead atoms. The van der Waals surface area contributed by atoms with E-state index in [1.807, 2.05) is 0 Å². The lowest BCUT2D eigenvalue weighted by molar-refractivity contribution is -0.140. The van der Waals surface area contributed by atoms with Gasteiger partial charge in [-0.05, 0) is 23.8 Å². The molecule has 2 aliphatic heterocycles. The Morgan fingerprint density at radius 3 is 2.43 bits per heavy atom. The lowest BCUT2D eigenvalue weighted by atomic mass is 9.97. The quantitative estimate of drug-likeness (QED) is 0.311. The molecule has 0 aliphatic carbocycles. The highest BCUT2D eigenvalue weighted by atomic mass is 35.5. The van der Waals surface area contributed by atoms with Crippen LogP contribution >= 0.6 is 23.2 Å². The third kappa shape index (κ3) is 6.11. The number of benzene rings is 3. The normalized spacial score (nSPS) is 20.3. The number of nitrogens with one attached hydrogen (secondary N) is 2. The lowest BCUT2D eigenvalue weighted by Crippen LogP contribution is -2.56. The highest BCUT2D eigenvalue weighted by Gasteiger charge is 2.39. The number of carbonyl (C=O) groups excluding carboxylic acids is 3. The van der Waals surface area contributed by atoms with Gasteiger partial charge in [0, 0.05) is 49.4 Å². The Bertz CT molecular complexity index is 1620. The molecule has 232 valence electrons. The van der Waals surface area contributed by atoms with Crippen molar-refractivity contribution in [2.24, 2.45) is 5.92 Å². The Labute approximate surface area is 263 Å². The summed E-state index contributed by atoms with van der Waals surface area (Å²) in [5.74, 6) is -2.52. The predicted molar refractivity (Wildman–Crippen MR) is 164 cm³/mol. The summed E-state index contributed by atoms with van der Waals surface area (Å²) in [6, 6.07) is 12.5. The molecule has 2 saturated heterocycles. The molecule has 44 heavy (non-hydrogen) atoms. The topological polar surface area (TPSA) is 120 Å². The van der Waals surface area contributed by atoms with E-state index in [4.69, 9.17) is 32.7 Å². The van der Waals surface area contributed by atoms with E-state index < -0.39 is 35.7 Å². The highest BCUT2D eigenvalue weighted by Crippen LogP contribution is 2.42. The summed E-state index contributed by atoms with van der Waals surface area (Å²) in [5, 5.41) is 16.3. The number of rotatable bonds is 8. The monoisotopic (exact) mass is 644 g/mol. The van der Waals surface area contributed by atoms with Gasteiger partial charge in [0.05, 0.1) is 48.2 Å². The van der Waals surface area contributed by atoms with Crippen molar-refractivity contribution >= 4 is 46.7 Å². The lowest BCUT2D eigenvalue weighted by Gasteiger charge is -2.33. The summed E-state index contributed by atoms with van der Waals surface area (Å²) < 4.78 is 26.2. The molecule has 4 amide bonds. The summed E-state index contributed by atoms with van der Waals surface area (Å²) in [5.41, 5.74) is 2.58. The van der Waals surface area contributed by atoms with Crippen molar-refractivity contribution in [1.82, 2.24) is 15.1 Å². The van der Waals surface area contributed by atoms with E-state index in [1.54, 1.807) is 42.5 Å². The van der Waals surface area contributed by atoms with Crippen molar-refractivity contribution in [3.63, 3.8) is 0 Å². The van der Waals surface area contributed by atoms with Crippen LogP contribution < -0.4 is 15.4 Å². The van der Waals surface area contributed by atoms with Gasteiger partial charge < -0.3 is 30.1 Å². The predicted octanol–water partition coefficient (Wildman–Crippen LogP) is 4.40. The van der Waals surface area contributed by atoms with Gasteiger partial charge in [0.1, 0.15) is 17.5 Å². The fourth-order valence-corrected chi connectivity index (χ4v) is 5.93. The molecule has 0 aromatic heterocycles. The SMILES string of the molecule is COc1cc(-c2cccc(-c3cccc(NC(=O)C4CN(C)C(=O)N(C)C4=O)c3Cl)c2Cl)cc(F)c1CN[C@@H]1COC[C@H]1O. The number of aliphatic hydroxyl groups excluding tert-OH is 1. The number of imide groups is 1. The van der Waals surface area contributed by atoms with Gasteiger partial charge in [-0.1, -0.05) is 53.5 Å². The van der Waals surface area contributed by atoms with Gasteiger partial charge >= 0.3 is 6.03 Å². The number of urea groups is 1. The van der Waals surface area contributed by atoms with Crippen molar-refractivity contribution in [3.8, 4) is 28.0 Å². The standard InChI is InChI=1S/C31H31Cl2FN4O6/c1-37-13-21(30(41)38(2)31(37)42)29(40)36-23-9-5-8-19(28(23)33)18-7-4-6-17(27(18)32)16-10-22(34)20(26(11-16)43-3)12-35-24-14-44-15-25(24)39/h4-11,21,24-25,35,39H,12-15H2,1-3H3,(H,36,40)/t21?,24-,25-/m1/s1. The van der Waals surface area contributed by atoms with Crippen LogP contribution in [0.5, 0.6) is 5.75 Å². The van der Waals surface area contributed by atoms with Gasteiger partial charge in [-0.2, -0.15) is 0 Å². The maximum absolute atomic E-state index is 15.4. The van der Waals surface area contributed by atoms with Crippen molar-refractivity contribution in [2.75, 3.05) is 46.3 Å². The van der Waals surface area contributed by atoms with Crippen LogP contribution in [0.1, 0.15) is 5.56 Å². The zero-order valence-corrected chi connectivity index (χ0v) is 25.7. The summed E-state index contributed by atoms with van der Waals surface area (Å²) >= 11 is 13.7. The van der Waals surface area contributed by atoms with Gasteiger partial charge in [-0.15, -0.1) is 0 Å². The molecular formula is C31H31Cl2FN4O6. The van der Waals surface area contributed by atoms with Crippen LogP contribution in [0.4, 0.5) is 14.9 Å². The molecule has 3 N–H and O–H groups in total. The number of methoxy groups -OCH3 is 1. The Hall–Kier alpha value is -3.74. The van der Waals surface area contributed by atoms with E-state index in [9.17, 15) is 19.5 Å². The molecule has 2 heterocycles. The smallest absolute Gasteiger partial charge is 0.326 e. The van der Waals surface area contributed by atoms with E-state index in [0.717, 1.165) is 4.90 Å². The number of anilines is 1. The van der Waals surface area contributed by atoms with Gasteiger partial charge in [0.15, 0.2) is 0 Å². The molecule has 2 aliphatic rings.